The zero-order chi connectivity index (χ0) is 21.0. The van der Waals surface area contributed by atoms with E-state index in [1.165, 1.54) is 0 Å². The van der Waals surface area contributed by atoms with Crippen molar-refractivity contribution in [3.05, 3.63) is 81.4 Å². The first-order valence-electron chi connectivity index (χ1n) is 10.0. The molecule has 2 aliphatic rings. The Kier molecular flexibility index (Phi) is 4.10. The van der Waals surface area contributed by atoms with Gasteiger partial charge in [0.1, 0.15) is 22.8 Å². The summed E-state index contributed by atoms with van der Waals surface area (Å²) in [6, 6.07) is 14.8. The van der Waals surface area contributed by atoms with Crippen LogP contribution in [0.3, 0.4) is 0 Å². The number of ether oxygens (including phenoxy) is 2. The lowest BCUT2D eigenvalue weighted by Gasteiger charge is -2.38. The fourth-order valence-corrected chi connectivity index (χ4v) is 4.58. The number of ketones is 1. The van der Waals surface area contributed by atoms with E-state index in [1.807, 2.05) is 42.5 Å². The van der Waals surface area contributed by atoms with Crippen molar-refractivity contribution < 1.29 is 18.7 Å². The number of allylic oxidation sites excluding steroid dienone is 2. The van der Waals surface area contributed by atoms with E-state index in [-0.39, 0.29) is 11.2 Å². The van der Waals surface area contributed by atoms with Gasteiger partial charge in [-0.15, -0.1) is 0 Å². The third kappa shape index (κ3) is 2.84. The molecular weight excluding hydrogens is 380 g/mol. The van der Waals surface area contributed by atoms with E-state index in [0.29, 0.717) is 46.8 Å². The largest absolute Gasteiger partial charge is 0.497 e. The molecule has 1 aliphatic heterocycles. The van der Waals surface area contributed by atoms with Gasteiger partial charge in [-0.1, -0.05) is 38.1 Å². The number of rotatable bonds is 2. The molecule has 152 valence electrons. The third-order valence-electron chi connectivity index (χ3n) is 5.93. The number of benzene rings is 2. The maximum absolute atomic E-state index is 13.2. The van der Waals surface area contributed by atoms with Crippen LogP contribution < -0.4 is 15.1 Å². The molecule has 1 atom stereocenters. The van der Waals surface area contributed by atoms with Crippen LogP contribution in [-0.4, -0.2) is 12.9 Å². The van der Waals surface area contributed by atoms with Gasteiger partial charge in [-0.05, 0) is 35.2 Å². The molecule has 0 saturated carbocycles. The molecule has 0 saturated heterocycles. The summed E-state index contributed by atoms with van der Waals surface area (Å²) in [5.41, 5.74) is 1.57. The van der Waals surface area contributed by atoms with E-state index < -0.39 is 11.5 Å². The van der Waals surface area contributed by atoms with Crippen LogP contribution in [0.4, 0.5) is 0 Å². The Balaban J connectivity index is 1.81. The van der Waals surface area contributed by atoms with Crippen molar-refractivity contribution in [3.63, 3.8) is 0 Å². The first kappa shape index (κ1) is 18.7. The summed E-state index contributed by atoms with van der Waals surface area (Å²) in [6.45, 7) is 4.13. The quantitative estimate of drug-likeness (QED) is 0.566. The van der Waals surface area contributed by atoms with Crippen molar-refractivity contribution >= 4 is 16.8 Å². The molecule has 0 bridgehead atoms. The molecule has 5 nitrogen and oxygen atoms in total. The van der Waals surface area contributed by atoms with E-state index in [4.69, 9.17) is 13.9 Å². The molecule has 2 aromatic carbocycles. The van der Waals surface area contributed by atoms with Gasteiger partial charge in [0.25, 0.3) is 0 Å². The summed E-state index contributed by atoms with van der Waals surface area (Å²) in [5.74, 6) is 1.34. The molecule has 2 heterocycles. The highest BCUT2D eigenvalue weighted by Gasteiger charge is 2.44. The van der Waals surface area contributed by atoms with Crippen LogP contribution in [0.25, 0.3) is 11.0 Å². The highest BCUT2D eigenvalue weighted by molar-refractivity contribution is 6.01. The fraction of sp³-hybridized carbons (Fsp3) is 0.280. The number of carbonyl (C=O) groups excluding carboxylic acids is 1. The minimum Gasteiger partial charge on any atom is -0.497 e. The highest BCUT2D eigenvalue weighted by atomic mass is 16.5. The van der Waals surface area contributed by atoms with Crippen LogP contribution in [0.2, 0.25) is 0 Å². The second-order valence-electron chi connectivity index (χ2n) is 8.71. The SMILES string of the molecule is COc1ccc(C2C3=C(CC(C)(C)CC3=O)Oc3c2c(=O)oc2ccccc32)cc1. The maximum Gasteiger partial charge on any atom is 0.344 e. The lowest BCUT2D eigenvalue weighted by molar-refractivity contribution is -0.118. The van der Waals surface area contributed by atoms with Crippen LogP contribution in [0.5, 0.6) is 11.5 Å². The molecule has 30 heavy (non-hydrogen) atoms. The zero-order valence-corrected chi connectivity index (χ0v) is 17.2. The van der Waals surface area contributed by atoms with E-state index in [1.54, 1.807) is 13.2 Å². The molecule has 5 rings (SSSR count). The highest BCUT2D eigenvalue weighted by Crippen LogP contribution is 2.50. The van der Waals surface area contributed by atoms with E-state index in [9.17, 15) is 9.59 Å². The third-order valence-corrected chi connectivity index (χ3v) is 5.93. The summed E-state index contributed by atoms with van der Waals surface area (Å²) >= 11 is 0. The molecule has 0 spiro atoms. The zero-order valence-electron chi connectivity index (χ0n) is 17.2. The molecule has 0 N–H and O–H groups in total. The topological polar surface area (TPSA) is 65.7 Å². The lowest BCUT2D eigenvalue weighted by atomic mass is 9.70. The minimum atomic E-state index is -0.529. The van der Waals surface area contributed by atoms with Crippen LogP contribution in [0.1, 0.15) is 43.7 Å². The summed E-state index contributed by atoms with van der Waals surface area (Å²) in [6.07, 6.45) is 1.05. The standard InChI is InChI=1S/C25H22O5/c1-25(2)12-17(26)21-19(13-25)29-23-16-6-4-5-7-18(16)30-24(27)22(23)20(21)14-8-10-15(28-3)11-9-14/h4-11,20H,12-13H2,1-3H3. The Hall–Kier alpha value is -3.34. The molecule has 5 heteroatoms. The van der Waals surface area contributed by atoms with E-state index in [0.717, 1.165) is 10.9 Å². The number of Topliss-reactive ketones (excluding diaryl/α,β-unsaturated/α-hetero) is 1. The normalized spacial score (nSPS) is 19.8. The Morgan fingerprint density at radius 2 is 1.73 bits per heavy atom. The van der Waals surface area contributed by atoms with Crippen LogP contribution in [0, 0.1) is 5.41 Å². The number of hydrogen-bond acceptors (Lipinski definition) is 5. The molecule has 3 aromatic rings. The van der Waals surface area contributed by atoms with Crippen molar-refractivity contribution in [2.75, 3.05) is 7.11 Å². The first-order chi connectivity index (χ1) is 14.4. The molecule has 1 aliphatic carbocycles. The van der Waals surface area contributed by atoms with Crippen LogP contribution in [-0.2, 0) is 4.79 Å². The Bertz CT molecular complexity index is 1260. The predicted molar refractivity (Wildman–Crippen MR) is 113 cm³/mol. The summed E-state index contributed by atoms with van der Waals surface area (Å²) in [5, 5.41) is 0.730. The minimum absolute atomic E-state index is 0.0141. The van der Waals surface area contributed by atoms with Gasteiger partial charge in [-0.25, -0.2) is 4.79 Å². The summed E-state index contributed by atoms with van der Waals surface area (Å²) < 4.78 is 17.2. The van der Waals surface area contributed by atoms with E-state index >= 15 is 0 Å². The molecular formula is C25H22O5. The van der Waals surface area contributed by atoms with Gasteiger partial charge in [0.2, 0.25) is 0 Å². The molecule has 0 radical (unpaired) electrons. The molecule has 0 fully saturated rings. The Morgan fingerprint density at radius 3 is 2.47 bits per heavy atom. The van der Waals surface area contributed by atoms with Crippen molar-refractivity contribution in [3.8, 4) is 11.5 Å². The van der Waals surface area contributed by atoms with Crippen LogP contribution >= 0.6 is 0 Å². The first-order valence-corrected chi connectivity index (χ1v) is 10.0. The fourth-order valence-electron chi connectivity index (χ4n) is 4.58. The average Bonchev–Trinajstić information content (AvgIpc) is 2.71. The number of fused-ring (bicyclic) bond motifs is 3. The molecule has 1 unspecified atom stereocenters. The molecule has 1 aromatic heterocycles. The number of hydrogen-bond donors (Lipinski definition) is 0. The van der Waals surface area contributed by atoms with Crippen molar-refractivity contribution in [1.82, 2.24) is 0 Å². The second kappa shape index (κ2) is 6.59. The van der Waals surface area contributed by atoms with Gasteiger partial charge in [0.05, 0.1) is 24.0 Å². The van der Waals surface area contributed by atoms with Gasteiger partial charge in [0.15, 0.2) is 5.78 Å². The smallest absolute Gasteiger partial charge is 0.344 e. The van der Waals surface area contributed by atoms with Gasteiger partial charge >= 0.3 is 5.63 Å². The number of methoxy groups -OCH3 is 1. The van der Waals surface area contributed by atoms with Crippen LogP contribution in [0.15, 0.2) is 69.1 Å². The predicted octanol–water partition coefficient (Wildman–Crippen LogP) is 4.97. The van der Waals surface area contributed by atoms with Gasteiger partial charge in [-0.3, -0.25) is 4.79 Å². The van der Waals surface area contributed by atoms with Gasteiger partial charge < -0.3 is 13.9 Å². The summed E-state index contributed by atoms with van der Waals surface area (Å²) in [4.78, 5) is 26.3. The van der Waals surface area contributed by atoms with Gasteiger partial charge in [-0.2, -0.15) is 0 Å². The number of para-hydroxylation sites is 1. The summed E-state index contributed by atoms with van der Waals surface area (Å²) in [7, 11) is 1.60. The maximum atomic E-state index is 13.2. The second-order valence-corrected chi connectivity index (χ2v) is 8.71. The number of carbonyl (C=O) groups is 1. The van der Waals surface area contributed by atoms with Crippen molar-refractivity contribution in [1.29, 1.82) is 0 Å². The Morgan fingerprint density at radius 1 is 1.00 bits per heavy atom. The molecule has 0 amide bonds. The lowest BCUT2D eigenvalue weighted by Crippen LogP contribution is -2.34. The van der Waals surface area contributed by atoms with Crippen molar-refractivity contribution in [2.45, 2.75) is 32.6 Å². The Labute approximate surface area is 173 Å². The average molecular weight is 402 g/mol. The van der Waals surface area contributed by atoms with E-state index in [2.05, 4.69) is 13.8 Å². The van der Waals surface area contributed by atoms with Crippen molar-refractivity contribution in [2.24, 2.45) is 5.41 Å². The monoisotopic (exact) mass is 402 g/mol. The van der Waals surface area contributed by atoms with Gasteiger partial charge in [0, 0.05) is 18.4 Å².